The minimum atomic E-state index is -3.77. The molecule has 0 spiro atoms. The van der Waals surface area contributed by atoms with Gasteiger partial charge in [0.05, 0.1) is 17.4 Å². The van der Waals surface area contributed by atoms with Crippen LogP contribution in [0.4, 0.5) is 0 Å². The zero-order valence-corrected chi connectivity index (χ0v) is 14.1. The summed E-state index contributed by atoms with van der Waals surface area (Å²) < 4.78 is 22.8. The summed E-state index contributed by atoms with van der Waals surface area (Å²) in [4.78, 5) is 12.1. The second-order valence-corrected chi connectivity index (χ2v) is 7.14. The average molecular weight is 353 g/mol. The molecule has 0 heterocycles. The molecule has 23 heavy (non-hydrogen) atoms. The van der Waals surface area contributed by atoms with Crippen molar-refractivity contribution in [2.45, 2.75) is 24.3 Å². The number of benzene rings is 2. The van der Waals surface area contributed by atoms with E-state index >= 15 is 0 Å². The molecule has 0 bridgehead atoms. The predicted octanol–water partition coefficient (Wildman–Crippen LogP) is 2.41. The van der Waals surface area contributed by atoms with Gasteiger partial charge in [-0.25, -0.2) is 13.6 Å². The molecule has 1 unspecified atom stereocenters. The van der Waals surface area contributed by atoms with Gasteiger partial charge in [0, 0.05) is 5.02 Å². The van der Waals surface area contributed by atoms with Gasteiger partial charge in [-0.3, -0.25) is 4.79 Å². The van der Waals surface area contributed by atoms with Crippen molar-refractivity contribution in [3.05, 3.63) is 64.7 Å². The van der Waals surface area contributed by atoms with Crippen LogP contribution in [-0.4, -0.2) is 14.3 Å². The molecule has 1 atom stereocenters. The van der Waals surface area contributed by atoms with E-state index in [0.29, 0.717) is 10.6 Å². The summed E-state index contributed by atoms with van der Waals surface area (Å²) in [6, 6.07) is 13.0. The van der Waals surface area contributed by atoms with E-state index in [9.17, 15) is 13.2 Å². The van der Waals surface area contributed by atoms with Gasteiger partial charge in [0.15, 0.2) is 0 Å². The summed E-state index contributed by atoms with van der Waals surface area (Å²) >= 11 is 6.03. The highest BCUT2D eigenvalue weighted by Gasteiger charge is 2.14. The molecule has 7 heteroatoms. The Morgan fingerprint density at radius 1 is 1.22 bits per heavy atom. The first-order valence-electron chi connectivity index (χ1n) is 6.93. The topological polar surface area (TPSA) is 89.3 Å². The smallest absolute Gasteiger partial charge is 0.238 e. The van der Waals surface area contributed by atoms with Gasteiger partial charge in [-0.1, -0.05) is 41.9 Å². The molecule has 0 aliphatic rings. The first kappa shape index (κ1) is 17.5. The third-order valence-electron chi connectivity index (χ3n) is 3.37. The van der Waals surface area contributed by atoms with E-state index in [0.717, 1.165) is 5.56 Å². The summed E-state index contributed by atoms with van der Waals surface area (Å²) in [5.74, 6) is -0.202. The maximum atomic E-state index is 12.1. The first-order valence-corrected chi connectivity index (χ1v) is 8.85. The summed E-state index contributed by atoms with van der Waals surface area (Å²) in [6.07, 6.45) is 0.152. The molecule has 0 saturated carbocycles. The molecule has 122 valence electrons. The minimum absolute atomic E-state index is 0.0159. The lowest BCUT2D eigenvalue weighted by molar-refractivity contribution is -0.121. The lowest BCUT2D eigenvalue weighted by Crippen LogP contribution is -2.28. The quantitative estimate of drug-likeness (QED) is 0.865. The van der Waals surface area contributed by atoms with Gasteiger partial charge < -0.3 is 5.32 Å². The van der Waals surface area contributed by atoms with Crippen LogP contribution in [0.2, 0.25) is 5.02 Å². The van der Waals surface area contributed by atoms with Gasteiger partial charge in [0.25, 0.3) is 0 Å². The van der Waals surface area contributed by atoms with Crippen LogP contribution in [0.1, 0.15) is 24.1 Å². The van der Waals surface area contributed by atoms with Crippen LogP contribution in [0.15, 0.2) is 53.4 Å². The number of carbonyl (C=O) groups is 1. The number of nitrogens with two attached hydrogens (primary N) is 1. The van der Waals surface area contributed by atoms with Gasteiger partial charge in [-0.05, 0) is 36.2 Å². The van der Waals surface area contributed by atoms with Gasteiger partial charge in [-0.2, -0.15) is 0 Å². The van der Waals surface area contributed by atoms with Crippen molar-refractivity contribution in [1.82, 2.24) is 5.32 Å². The number of carbonyl (C=O) groups excluding carboxylic acids is 1. The average Bonchev–Trinajstić information content (AvgIpc) is 2.49. The lowest BCUT2D eigenvalue weighted by Gasteiger charge is -2.15. The minimum Gasteiger partial charge on any atom is -0.349 e. The predicted molar refractivity (Wildman–Crippen MR) is 89.5 cm³/mol. The van der Waals surface area contributed by atoms with Crippen molar-refractivity contribution in [2.24, 2.45) is 5.14 Å². The first-order chi connectivity index (χ1) is 10.8. The van der Waals surface area contributed by atoms with Crippen LogP contribution >= 0.6 is 11.6 Å². The molecular formula is C16H17ClN2O3S. The molecule has 2 rings (SSSR count). The van der Waals surface area contributed by atoms with Crippen LogP contribution in [-0.2, 0) is 21.2 Å². The molecule has 0 aliphatic carbocycles. The zero-order chi connectivity index (χ0) is 17.0. The molecule has 1 amide bonds. The highest BCUT2D eigenvalue weighted by molar-refractivity contribution is 7.89. The number of hydrogen-bond acceptors (Lipinski definition) is 3. The molecular weight excluding hydrogens is 336 g/mol. The highest BCUT2D eigenvalue weighted by Crippen LogP contribution is 2.18. The van der Waals surface area contributed by atoms with Gasteiger partial charge >= 0.3 is 0 Å². The molecule has 5 nitrogen and oxygen atoms in total. The van der Waals surface area contributed by atoms with E-state index in [4.69, 9.17) is 16.7 Å². The Bertz CT molecular complexity index is 822. The van der Waals surface area contributed by atoms with Crippen molar-refractivity contribution in [2.75, 3.05) is 0 Å². The SMILES string of the molecule is CC(NC(=O)Cc1ccccc1Cl)c1cccc(S(N)(=O)=O)c1. The number of hydrogen-bond donors (Lipinski definition) is 2. The van der Waals surface area contributed by atoms with E-state index < -0.39 is 10.0 Å². The third kappa shape index (κ3) is 4.79. The van der Waals surface area contributed by atoms with Crippen molar-refractivity contribution >= 4 is 27.5 Å². The molecule has 3 N–H and O–H groups in total. The van der Waals surface area contributed by atoms with Gasteiger partial charge in [-0.15, -0.1) is 0 Å². The van der Waals surface area contributed by atoms with Crippen molar-refractivity contribution < 1.29 is 13.2 Å². The number of nitrogens with one attached hydrogen (secondary N) is 1. The van der Waals surface area contributed by atoms with Crippen LogP contribution < -0.4 is 10.5 Å². The molecule has 0 saturated heterocycles. The Balaban J connectivity index is 2.08. The van der Waals surface area contributed by atoms with Crippen molar-refractivity contribution in [3.63, 3.8) is 0 Å². The normalized spacial score (nSPS) is 12.7. The number of amides is 1. The van der Waals surface area contributed by atoms with E-state index in [1.165, 1.54) is 12.1 Å². The van der Waals surface area contributed by atoms with Crippen molar-refractivity contribution in [1.29, 1.82) is 0 Å². The van der Waals surface area contributed by atoms with Crippen LogP contribution in [0.25, 0.3) is 0 Å². The Morgan fingerprint density at radius 2 is 1.91 bits per heavy atom. The van der Waals surface area contributed by atoms with Crippen LogP contribution in [0, 0.1) is 0 Å². The highest BCUT2D eigenvalue weighted by atomic mass is 35.5. The maximum Gasteiger partial charge on any atom is 0.238 e. The fourth-order valence-corrected chi connectivity index (χ4v) is 2.92. The fourth-order valence-electron chi connectivity index (χ4n) is 2.15. The second kappa shape index (κ2) is 7.12. The molecule has 0 aliphatic heterocycles. The summed E-state index contributed by atoms with van der Waals surface area (Å²) in [6.45, 7) is 1.77. The number of primary sulfonamides is 1. The number of halogens is 1. The fraction of sp³-hybridized carbons (Fsp3) is 0.188. The number of rotatable bonds is 5. The molecule has 2 aromatic rings. The van der Waals surface area contributed by atoms with Crippen molar-refractivity contribution in [3.8, 4) is 0 Å². The Labute approximate surface area is 140 Å². The van der Waals surface area contributed by atoms with Gasteiger partial charge in [0.2, 0.25) is 15.9 Å². The lowest BCUT2D eigenvalue weighted by atomic mass is 10.1. The van der Waals surface area contributed by atoms with E-state index in [1.807, 2.05) is 6.07 Å². The molecule has 0 fully saturated rings. The van der Waals surface area contributed by atoms with E-state index in [-0.39, 0.29) is 23.3 Å². The van der Waals surface area contributed by atoms with E-state index in [1.54, 1.807) is 37.3 Å². The number of sulfonamides is 1. The molecule has 0 radical (unpaired) electrons. The second-order valence-electron chi connectivity index (χ2n) is 5.17. The van der Waals surface area contributed by atoms with Gasteiger partial charge in [0.1, 0.15) is 0 Å². The molecule has 2 aromatic carbocycles. The summed E-state index contributed by atoms with van der Waals surface area (Å²) in [5.41, 5.74) is 1.39. The van der Waals surface area contributed by atoms with Crippen LogP contribution in [0.5, 0.6) is 0 Å². The summed E-state index contributed by atoms with van der Waals surface area (Å²) in [5, 5.41) is 8.47. The Morgan fingerprint density at radius 3 is 2.57 bits per heavy atom. The largest absolute Gasteiger partial charge is 0.349 e. The standard InChI is InChI=1S/C16H17ClN2O3S/c1-11(12-6-4-7-14(9-12)23(18,21)22)19-16(20)10-13-5-2-3-8-15(13)17/h2-9,11H,10H2,1H3,(H,19,20)(H2,18,21,22). The Kier molecular flexibility index (Phi) is 5.41. The maximum absolute atomic E-state index is 12.1. The van der Waals surface area contributed by atoms with E-state index in [2.05, 4.69) is 5.32 Å². The Hall–Kier alpha value is -1.89. The zero-order valence-electron chi connectivity index (χ0n) is 12.5. The monoisotopic (exact) mass is 352 g/mol. The summed E-state index contributed by atoms with van der Waals surface area (Å²) in [7, 11) is -3.77. The van der Waals surface area contributed by atoms with Crippen LogP contribution in [0.3, 0.4) is 0 Å². The third-order valence-corrected chi connectivity index (χ3v) is 4.65. The molecule has 0 aromatic heterocycles.